The molecule has 0 N–H and O–H groups in total. The number of hydrogen-bond donors (Lipinski definition) is 0. The molecule has 0 fully saturated rings. The maximum atomic E-state index is 2.49. The summed E-state index contributed by atoms with van der Waals surface area (Å²) in [7, 11) is 9.12. The highest BCUT2D eigenvalue weighted by atomic mass is 15.1. The van der Waals surface area contributed by atoms with Gasteiger partial charge in [-0.1, -0.05) is 270 Å². The van der Waals surface area contributed by atoms with E-state index in [2.05, 4.69) is 90.0 Å². The van der Waals surface area contributed by atoms with E-state index in [-0.39, 0.29) is 0 Å². The van der Waals surface area contributed by atoms with Crippen LogP contribution in [0.15, 0.2) is 24.3 Å². The molecular formula is C60H122N2. The average Bonchev–Trinajstić information content (AvgIpc) is 3.26. The van der Waals surface area contributed by atoms with Gasteiger partial charge in [0.2, 0.25) is 0 Å². The van der Waals surface area contributed by atoms with Gasteiger partial charge in [0, 0.05) is 12.1 Å². The molecule has 0 aliphatic carbocycles. The molecule has 2 nitrogen and oxygen atoms in total. The van der Waals surface area contributed by atoms with Gasteiger partial charge >= 0.3 is 0 Å². The summed E-state index contributed by atoms with van der Waals surface area (Å²) < 4.78 is 0. The van der Waals surface area contributed by atoms with Gasteiger partial charge in [-0.2, -0.15) is 0 Å². The Bertz CT molecular complexity index is 829. The third-order valence-electron chi connectivity index (χ3n) is 13.8. The van der Waals surface area contributed by atoms with Crippen molar-refractivity contribution < 1.29 is 0 Å². The lowest BCUT2D eigenvalue weighted by molar-refractivity contribution is 0.251. The molecule has 372 valence electrons. The van der Waals surface area contributed by atoms with E-state index in [1.807, 2.05) is 0 Å². The van der Waals surface area contributed by atoms with Gasteiger partial charge in [-0.3, -0.25) is 0 Å². The lowest BCUT2D eigenvalue weighted by Gasteiger charge is -2.24. The smallest absolute Gasteiger partial charge is 0.00891 e. The van der Waals surface area contributed by atoms with E-state index in [0.29, 0.717) is 0 Å². The van der Waals surface area contributed by atoms with Crippen LogP contribution in [0.3, 0.4) is 0 Å². The third-order valence-corrected chi connectivity index (χ3v) is 13.8. The van der Waals surface area contributed by atoms with Gasteiger partial charge in [-0.25, -0.2) is 0 Å². The van der Waals surface area contributed by atoms with Crippen LogP contribution in [0, 0.1) is 0 Å². The molecule has 0 bridgehead atoms. The quantitative estimate of drug-likeness (QED) is 0.0444. The molecule has 0 amide bonds. The van der Waals surface area contributed by atoms with Crippen LogP contribution in [0.5, 0.6) is 0 Å². The Morgan fingerprint density at radius 2 is 0.387 bits per heavy atom. The summed E-state index contributed by atoms with van der Waals surface area (Å²) in [5, 5.41) is 0. The number of nitrogens with zero attached hydrogens (tertiary/aromatic N) is 2. The molecule has 0 saturated carbocycles. The first-order chi connectivity index (χ1) is 30.4. The van der Waals surface area contributed by atoms with E-state index in [4.69, 9.17) is 0 Å². The van der Waals surface area contributed by atoms with E-state index in [0.717, 1.165) is 12.1 Å². The number of allylic oxidation sites excluding steroid dienone is 4. The Balaban J connectivity index is 0. The third kappa shape index (κ3) is 53.7. The fourth-order valence-corrected chi connectivity index (χ4v) is 9.25. The molecule has 0 rings (SSSR count). The van der Waals surface area contributed by atoms with E-state index in [1.54, 1.807) is 0 Å². The van der Waals surface area contributed by atoms with E-state index in [9.17, 15) is 0 Å². The van der Waals surface area contributed by atoms with Gasteiger partial charge < -0.3 is 9.80 Å². The molecule has 0 spiro atoms. The summed E-state index contributed by atoms with van der Waals surface area (Å²) in [5.74, 6) is 0. The molecule has 2 heteroatoms. The number of hydrogen-bond acceptors (Lipinski definition) is 2. The van der Waals surface area contributed by atoms with Gasteiger partial charge in [-0.15, -0.1) is 0 Å². The van der Waals surface area contributed by atoms with Crippen molar-refractivity contribution in [2.24, 2.45) is 0 Å². The Morgan fingerprint density at radius 3 is 0.565 bits per heavy atom. The molecule has 0 aliphatic heterocycles. The largest absolute Gasteiger partial charge is 0.306 e. The first-order valence-electron chi connectivity index (χ1n) is 29.1. The highest BCUT2D eigenvalue weighted by molar-refractivity contribution is 4.82. The van der Waals surface area contributed by atoms with Gasteiger partial charge in [0.15, 0.2) is 0 Å². The zero-order valence-corrected chi connectivity index (χ0v) is 44.9. The zero-order valence-electron chi connectivity index (χ0n) is 44.9. The van der Waals surface area contributed by atoms with Crippen LogP contribution in [0.25, 0.3) is 0 Å². The molecule has 2 unspecified atom stereocenters. The summed E-state index contributed by atoms with van der Waals surface area (Å²) in [6.07, 6.45) is 74.8. The summed E-state index contributed by atoms with van der Waals surface area (Å²) in [6, 6.07) is 1.63. The van der Waals surface area contributed by atoms with Crippen molar-refractivity contribution in [1.82, 2.24) is 9.80 Å². The second-order valence-electron chi connectivity index (χ2n) is 20.5. The Morgan fingerprint density at radius 1 is 0.226 bits per heavy atom. The lowest BCUT2D eigenvalue weighted by atomic mass is 9.99. The monoisotopic (exact) mass is 871 g/mol. The molecule has 0 radical (unpaired) electrons. The van der Waals surface area contributed by atoms with Crippen LogP contribution in [0.2, 0.25) is 0 Å². The van der Waals surface area contributed by atoms with Crippen LogP contribution in [-0.2, 0) is 0 Å². The molecule has 0 aromatic carbocycles. The minimum absolute atomic E-state index is 0.812. The van der Waals surface area contributed by atoms with Crippen molar-refractivity contribution in [2.45, 2.75) is 335 Å². The summed E-state index contributed by atoms with van der Waals surface area (Å²) in [5.41, 5.74) is 0. The summed E-state index contributed by atoms with van der Waals surface area (Å²) in [6.45, 7) is 9.19. The second kappa shape index (κ2) is 56.5. The van der Waals surface area contributed by atoms with Crippen molar-refractivity contribution in [3.63, 3.8) is 0 Å². The molecular weight excluding hydrogens is 749 g/mol. The van der Waals surface area contributed by atoms with E-state index in [1.165, 1.54) is 295 Å². The second-order valence-corrected chi connectivity index (χ2v) is 20.5. The predicted molar refractivity (Wildman–Crippen MR) is 288 cm³/mol. The molecule has 2 atom stereocenters. The average molecular weight is 872 g/mol. The molecule has 62 heavy (non-hydrogen) atoms. The maximum Gasteiger partial charge on any atom is 0.00891 e. The topological polar surface area (TPSA) is 6.48 Å². The highest BCUT2D eigenvalue weighted by Gasteiger charge is 2.11. The van der Waals surface area contributed by atoms with Gasteiger partial charge in [0.05, 0.1) is 0 Å². The zero-order chi connectivity index (χ0) is 45.7. The summed E-state index contributed by atoms with van der Waals surface area (Å²) in [4.78, 5) is 4.95. The van der Waals surface area contributed by atoms with Crippen LogP contribution in [-0.4, -0.2) is 50.1 Å². The Kier molecular flexibility index (Phi) is 57.9. The molecule has 0 aromatic heterocycles. The molecule has 0 aliphatic rings. The Labute approximate surface area is 395 Å². The van der Waals surface area contributed by atoms with Crippen LogP contribution in [0.1, 0.15) is 323 Å². The normalized spacial score (nSPS) is 12.9. The van der Waals surface area contributed by atoms with Crippen molar-refractivity contribution in [1.29, 1.82) is 0 Å². The molecule has 0 saturated heterocycles. The molecule has 0 heterocycles. The van der Waals surface area contributed by atoms with Crippen LogP contribution < -0.4 is 0 Å². The minimum atomic E-state index is 0.812. The fraction of sp³-hybridized carbons (Fsp3) is 0.933. The van der Waals surface area contributed by atoms with Crippen LogP contribution in [0.4, 0.5) is 0 Å². The number of unbranched alkanes of at least 4 members (excludes halogenated alkanes) is 36. The Hall–Kier alpha value is -0.600. The SMILES string of the molecule is CCCCCCCC/C=C\CCCCCCCC(CCCCCCC)N(C)C.CCCCCCCCC=CCCCCCCCCCCCC(CCCCCCCCC)N(C)C. The fourth-order valence-electron chi connectivity index (χ4n) is 9.25. The first kappa shape index (κ1) is 63.5. The van der Waals surface area contributed by atoms with Crippen molar-refractivity contribution >= 4 is 0 Å². The van der Waals surface area contributed by atoms with Crippen molar-refractivity contribution in [2.75, 3.05) is 28.2 Å². The van der Waals surface area contributed by atoms with Crippen molar-refractivity contribution in [3.8, 4) is 0 Å². The first-order valence-corrected chi connectivity index (χ1v) is 29.1. The van der Waals surface area contributed by atoms with Crippen LogP contribution >= 0.6 is 0 Å². The minimum Gasteiger partial charge on any atom is -0.306 e. The van der Waals surface area contributed by atoms with Gasteiger partial charge in [0.1, 0.15) is 0 Å². The van der Waals surface area contributed by atoms with Crippen molar-refractivity contribution in [3.05, 3.63) is 24.3 Å². The van der Waals surface area contributed by atoms with Gasteiger partial charge in [-0.05, 0) is 105 Å². The maximum absolute atomic E-state index is 2.49. The predicted octanol–water partition coefficient (Wildman–Crippen LogP) is 21.0. The number of rotatable bonds is 50. The van der Waals surface area contributed by atoms with E-state index >= 15 is 0 Å². The summed E-state index contributed by atoms with van der Waals surface area (Å²) >= 11 is 0. The molecule has 0 aromatic rings. The lowest BCUT2D eigenvalue weighted by Crippen LogP contribution is -2.27. The standard InChI is InChI=1S/C33H67N.C27H55N/c1-5-7-9-11-13-14-15-16-17-18-19-20-21-22-23-24-26-28-30-32-33(34(3)4)31-29-27-25-12-10-8-6-2;1-5-7-9-11-12-13-14-15-16-17-18-19-20-22-24-26-27(28(3)4)25-23-21-10-8-6-2/h16-17,33H,5-15,18-32H2,1-4H3;15-16,27H,5-14,17-26H2,1-4H3/b;16-15-. The highest BCUT2D eigenvalue weighted by Crippen LogP contribution is 2.19. The van der Waals surface area contributed by atoms with Gasteiger partial charge in [0.25, 0.3) is 0 Å². The van der Waals surface area contributed by atoms with E-state index < -0.39 is 0 Å².